The van der Waals surface area contributed by atoms with Gasteiger partial charge in [-0.05, 0) is 30.2 Å². The van der Waals surface area contributed by atoms with Crippen LogP contribution < -0.4 is 5.32 Å². The van der Waals surface area contributed by atoms with Crippen LogP contribution in [0.15, 0.2) is 29.6 Å². The van der Waals surface area contributed by atoms with Crippen molar-refractivity contribution in [1.82, 2.24) is 4.98 Å². The van der Waals surface area contributed by atoms with Crippen molar-refractivity contribution in [2.45, 2.75) is 65.2 Å². The van der Waals surface area contributed by atoms with Crippen molar-refractivity contribution in [3.8, 4) is 11.3 Å². The summed E-state index contributed by atoms with van der Waals surface area (Å²) in [6.45, 7) is 4.47. The van der Waals surface area contributed by atoms with Gasteiger partial charge in [0.25, 0.3) is 0 Å². The van der Waals surface area contributed by atoms with E-state index in [9.17, 15) is 4.79 Å². The lowest BCUT2D eigenvalue weighted by atomic mass is 9.86. The molecule has 1 aromatic carbocycles. The van der Waals surface area contributed by atoms with Crippen LogP contribution in [0.25, 0.3) is 11.3 Å². The summed E-state index contributed by atoms with van der Waals surface area (Å²) in [6.07, 6.45) is 9.34. The SMILES string of the molecule is CC(C)Cc1ccc(-c2csc(NC(=O)CCC3CCCCC3)n2)cc1. The molecule has 1 fully saturated rings. The lowest BCUT2D eigenvalue weighted by Gasteiger charge is -2.20. The number of nitrogens with zero attached hydrogens (tertiary/aromatic N) is 1. The number of anilines is 1. The minimum absolute atomic E-state index is 0.101. The van der Waals surface area contributed by atoms with Gasteiger partial charge in [0.2, 0.25) is 5.91 Å². The molecule has 3 nitrogen and oxygen atoms in total. The molecule has 0 aliphatic heterocycles. The largest absolute Gasteiger partial charge is 0.302 e. The van der Waals surface area contributed by atoms with Crippen LogP contribution in [-0.2, 0) is 11.2 Å². The van der Waals surface area contributed by atoms with Crippen molar-refractivity contribution < 1.29 is 4.79 Å². The highest BCUT2D eigenvalue weighted by molar-refractivity contribution is 7.14. The van der Waals surface area contributed by atoms with Gasteiger partial charge in [-0.3, -0.25) is 4.79 Å². The molecular formula is C22H30N2OS. The Morgan fingerprint density at radius 2 is 1.92 bits per heavy atom. The molecule has 0 unspecified atom stereocenters. The molecule has 0 saturated heterocycles. The number of hydrogen-bond donors (Lipinski definition) is 1. The van der Waals surface area contributed by atoms with E-state index >= 15 is 0 Å². The molecule has 140 valence electrons. The first-order chi connectivity index (χ1) is 12.6. The molecule has 1 aliphatic rings. The van der Waals surface area contributed by atoms with Crippen LogP contribution in [0.2, 0.25) is 0 Å². The third-order valence-electron chi connectivity index (χ3n) is 5.15. The standard InChI is InChI=1S/C22H30N2OS/c1-16(2)14-18-8-11-19(12-9-18)20-15-26-22(23-20)24-21(25)13-10-17-6-4-3-5-7-17/h8-9,11-12,15-17H,3-7,10,13-14H2,1-2H3,(H,23,24,25). The Morgan fingerprint density at radius 1 is 1.19 bits per heavy atom. The molecule has 0 radical (unpaired) electrons. The van der Waals surface area contributed by atoms with Gasteiger partial charge in [-0.1, -0.05) is 70.2 Å². The number of nitrogens with one attached hydrogen (secondary N) is 1. The number of carbonyl (C=O) groups is 1. The number of thiazole rings is 1. The molecule has 0 bridgehead atoms. The highest BCUT2D eigenvalue weighted by Crippen LogP contribution is 2.28. The average molecular weight is 371 g/mol. The van der Waals surface area contributed by atoms with Crippen molar-refractivity contribution in [2.24, 2.45) is 11.8 Å². The zero-order valence-electron chi connectivity index (χ0n) is 16.0. The normalized spacial score (nSPS) is 15.3. The number of carbonyl (C=O) groups excluding carboxylic acids is 1. The summed E-state index contributed by atoms with van der Waals surface area (Å²) in [5.41, 5.74) is 3.40. The molecule has 0 atom stereocenters. The number of amides is 1. The van der Waals surface area contributed by atoms with E-state index in [-0.39, 0.29) is 5.91 Å². The molecule has 1 N–H and O–H groups in total. The van der Waals surface area contributed by atoms with Gasteiger partial charge in [0.05, 0.1) is 5.69 Å². The van der Waals surface area contributed by atoms with E-state index in [4.69, 9.17) is 0 Å². The monoisotopic (exact) mass is 370 g/mol. The molecular weight excluding hydrogens is 340 g/mol. The molecule has 0 spiro atoms. The van der Waals surface area contributed by atoms with Gasteiger partial charge in [-0.2, -0.15) is 0 Å². The van der Waals surface area contributed by atoms with Gasteiger partial charge < -0.3 is 5.32 Å². The molecule has 1 aliphatic carbocycles. The predicted octanol–water partition coefficient (Wildman–Crippen LogP) is 6.31. The first-order valence-corrected chi connectivity index (χ1v) is 10.8. The molecule has 26 heavy (non-hydrogen) atoms. The van der Waals surface area contributed by atoms with Crippen molar-refractivity contribution in [3.05, 3.63) is 35.2 Å². The minimum Gasteiger partial charge on any atom is -0.302 e. The Kier molecular flexibility index (Phi) is 6.84. The zero-order chi connectivity index (χ0) is 18.4. The molecule has 2 aromatic rings. The molecule has 1 saturated carbocycles. The Balaban J connectivity index is 1.51. The van der Waals surface area contributed by atoms with Crippen molar-refractivity contribution in [1.29, 1.82) is 0 Å². The first kappa shape index (κ1) is 19.1. The number of hydrogen-bond acceptors (Lipinski definition) is 3. The van der Waals surface area contributed by atoms with E-state index in [1.54, 1.807) is 0 Å². The summed E-state index contributed by atoms with van der Waals surface area (Å²) in [5, 5.41) is 5.71. The summed E-state index contributed by atoms with van der Waals surface area (Å²) in [6, 6.07) is 8.61. The van der Waals surface area contributed by atoms with E-state index in [1.165, 1.54) is 49.0 Å². The maximum Gasteiger partial charge on any atom is 0.226 e. The van der Waals surface area contributed by atoms with Gasteiger partial charge in [-0.15, -0.1) is 11.3 Å². The topological polar surface area (TPSA) is 42.0 Å². The third-order valence-corrected chi connectivity index (χ3v) is 5.91. The van der Waals surface area contributed by atoms with Gasteiger partial charge >= 0.3 is 0 Å². The summed E-state index contributed by atoms with van der Waals surface area (Å²) in [4.78, 5) is 16.8. The minimum atomic E-state index is 0.101. The van der Waals surface area contributed by atoms with E-state index in [0.717, 1.165) is 30.0 Å². The fourth-order valence-electron chi connectivity index (χ4n) is 3.74. The Labute approximate surface area is 161 Å². The van der Waals surface area contributed by atoms with Crippen LogP contribution in [-0.4, -0.2) is 10.9 Å². The van der Waals surface area contributed by atoms with E-state index < -0.39 is 0 Å². The van der Waals surface area contributed by atoms with E-state index in [2.05, 4.69) is 48.4 Å². The maximum absolute atomic E-state index is 12.2. The van der Waals surface area contributed by atoms with Crippen molar-refractivity contribution in [2.75, 3.05) is 5.32 Å². The van der Waals surface area contributed by atoms with Crippen molar-refractivity contribution >= 4 is 22.4 Å². The van der Waals surface area contributed by atoms with E-state index in [0.29, 0.717) is 17.5 Å². The second-order valence-corrected chi connectivity index (χ2v) is 8.78. The van der Waals surface area contributed by atoms with Crippen LogP contribution in [0, 0.1) is 11.8 Å². The second kappa shape index (κ2) is 9.31. The molecule has 1 heterocycles. The zero-order valence-corrected chi connectivity index (χ0v) is 16.8. The van der Waals surface area contributed by atoms with Gasteiger partial charge in [0, 0.05) is 17.4 Å². The van der Waals surface area contributed by atoms with Gasteiger partial charge in [0.1, 0.15) is 0 Å². The molecule has 1 aromatic heterocycles. The lowest BCUT2D eigenvalue weighted by Crippen LogP contribution is -2.14. The van der Waals surface area contributed by atoms with Crippen LogP contribution in [0.1, 0.15) is 64.4 Å². The molecule has 3 rings (SSSR count). The van der Waals surface area contributed by atoms with Crippen LogP contribution in [0.4, 0.5) is 5.13 Å². The summed E-state index contributed by atoms with van der Waals surface area (Å²) >= 11 is 1.51. The second-order valence-electron chi connectivity index (χ2n) is 7.92. The van der Waals surface area contributed by atoms with Gasteiger partial charge in [0.15, 0.2) is 5.13 Å². The number of rotatable bonds is 7. The van der Waals surface area contributed by atoms with Crippen LogP contribution in [0.3, 0.4) is 0 Å². The maximum atomic E-state index is 12.2. The highest BCUT2D eigenvalue weighted by atomic mass is 32.1. The first-order valence-electron chi connectivity index (χ1n) is 9.95. The molecule has 4 heteroatoms. The quantitative estimate of drug-likeness (QED) is 0.620. The Hall–Kier alpha value is -1.68. The van der Waals surface area contributed by atoms with Crippen LogP contribution in [0.5, 0.6) is 0 Å². The highest BCUT2D eigenvalue weighted by Gasteiger charge is 2.15. The Bertz CT molecular complexity index is 699. The molecule has 1 amide bonds. The smallest absolute Gasteiger partial charge is 0.226 e. The summed E-state index contributed by atoms with van der Waals surface area (Å²) < 4.78 is 0. The van der Waals surface area contributed by atoms with Crippen molar-refractivity contribution in [3.63, 3.8) is 0 Å². The fraction of sp³-hybridized carbons (Fsp3) is 0.545. The van der Waals surface area contributed by atoms with Gasteiger partial charge in [-0.25, -0.2) is 4.98 Å². The number of benzene rings is 1. The Morgan fingerprint density at radius 3 is 2.62 bits per heavy atom. The predicted molar refractivity (Wildman–Crippen MR) is 111 cm³/mol. The summed E-state index contributed by atoms with van der Waals surface area (Å²) in [7, 11) is 0. The van der Waals surface area contributed by atoms with Crippen LogP contribution >= 0.6 is 11.3 Å². The number of aromatic nitrogens is 1. The third kappa shape index (κ3) is 5.66. The average Bonchev–Trinajstić information content (AvgIpc) is 3.09. The van der Waals surface area contributed by atoms with E-state index in [1.807, 2.05) is 5.38 Å². The summed E-state index contributed by atoms with van der Waals surface area (Å²) in [5.74, 6) is 1.50. The fourth-order valence-corrected chi connectivity index (χ4v) is 4.48. The lowest BCUT2D eigenvalue weighted by molar-refractivity contribution is -0.116.